The summed E-state index contributed by atoms with van der Waals surface area (Å²) in [6.07, 6.45) is 4.64. The molecule has 2 unspecified atom stereocenters. The van der Waals surface area contributed by atoms with Gasteiger partial charge in [-0.15, -0.1) is 0 Å². The number of nitrogens with one attached hydrogen (secondary N) is 1. The quantitative estimate of drug-likeness (QED) is 0.809. The fourth-order valence-electron chi connectivity index (χ4n) is 5.60. The third kappa shape index (κ3) is 3.08. The average molecular weight is 354 g/mol. The Morgan fingerprint density at radius 3 is 2.65 bits per heavy atom. The number of amides is 1. The normalized spacial score (nSPS) is 34.2. The summed E-state index contributed by atoms with van der Waals surface area (Å²) in [6, 6.07) is 8.57. The summed E-state index contributed by atoms with van der Waals surface area (Å²) in [6.45, 7) is -0.356. The summed E-state index contributed by atoms with van der Waals surface area (Å²) < 4.78 is 5.34. The van der Waals surface area contributed by atoms with Gasteiger partial charge in [-0.05, 0) is 68.6 Å². The number of hydrogen-bond donors (Lipinski definition) is 2. The lowest BCUT2D eigenvalue weighted by Crippen LogP contribution is -2.58. The van der Waals surface area contributed by atoms with E-state index in [-0.39, 0.29) is 12.6 Å². The zero-order valence-electron chi connectivity index (χ0n) is 14.5. The van der Waals surface area contributed by atoms with E-state index < -0.39 is 16.9 Å². The topological polar surface area (TPSA) is 99.4 Å². The molecule has 1 aromatic carbocycles. The standard InChI is InChI=1S/C20H22N2O4/c21-10-13-2-1-3-16(5-13)22-17(23)11-26-18(24)19-6-14-4-15(7-19)9-20(25,8-14)12-19/h1-3,5,14-15,25H,4,6-9,11-12H2,(H,22,23)/t14-,15+,19?,20?. The second-order valence-corrected chi connectivity index (χ2v) is 8.28. The third-order valence-corrected chi connectivity index (χ3v) is 6.07. The summed E-state index contributed by atoms with van der Waals surface area (Å²) >= 11 is 0. The first-order chi connectivity index (χ1) is 12.4. The number of benzene rings is 1. The Kier molecular flexibility index (Phi) is 4.00. The molecular weight excluding hydrogens is 332 g/mol. The number of ether oxygens (including phenoxy) is 1. The molecule has 5 rings (SSSR count). The van der Waals surface area contributed by atoms with Crippen molar-refractivity contribution in [2.75, 3.05) is 11.9 Å². The summed E-state index contributed by atoms with van der Waals surface area (Å²) in [5, 5.41) is 22.3. The van der Waals surface area contributed by atoms with Gasteiger partial charge in [0.05, 0.1) is 22.6 Å². The molecule has 0 saturated heterocycles. The second-order valence-electron chi connectivity index (χ2n) is 8.28. The first kappa shape index (κ1) is 17.0. The van der Waals surface area contributed by atoms with Gasteiger partial charge in [-0.1, -0.05) is 6.07 Å². The van der Waals surface area contributed by atoms with Crippen LogP contribution in [0.4, 0.5) is 5.69 Å². The van der Waals surface area contributed by atoms with Gasteiger partial charge in [-0.25, -0.2) is 0 Å². The smallest absolute Gasteiger partial charge is 0.312 e. The van der Waals surface area contributed by atoms with Crippen LogP contribution in [0.2, 0.25) is 0 Å². The maximum absolute atomic E-state index is 12.7. The van der Waals surface area contributed by atoms with Crippen LogP contribution < -0.4 is 5.32 Å². The Labute approximate surface area is 152 Å². The maximum atomic E-state index is 12.7. The van der Waals surface area contributed by atoms with Gasteiger partial charge in [-0.2, -0.15) is 5.26 Å². The fourth-order valence-corrected chi connectivity index (χ4v) is 5.60. The van der Waals surface area contributed by atoms with E-state index in [4.69, 9.17) is 10.00 Å². The lowest BCUT2D eigenvalue weighted by atomic mass is 9.48. The molecule has 0 spiro atoms. The largest absolute Gasteiger partial charge is 0.455 e. The maximum Gasteiger partial charge on any atom is 0.312 e. The zero-order chi connectivity index (χ0) is 18.4. The first-order valence-electron chi connectivity index (χ1n) is 9.09. The van der Waals surface area contributed by atoms with Crippen molar-refractivity contribution in [1.29, 1.82) is 5.26 Å². The molecule has 0 aromatic heterocycles. The van der Waals surface area contributed by atoms with E-state index in [0.717, 1.165) is 32.1 Å². The molecule has 6 nitrogen and oxygen atoms in total. The minimum atomic E-state index is -0.733. The summed E-state index contributed by atoms with van der Waals surface area (Å²) in [7, 11) is 0. The molecular formula is C20H22N2O4. The SMILES string of the molecule is N#Cc1cccc(NC(=O)COC(=O)C23C[C@@H]4C[C@@H](CC(O)(C4)C2)C3)c1. The van der Waals surface area contributed by atoms with Gasteiger partial charge >= 0.3 is 5.97 Å². The third-order valence-electron chi connectivity index (χ3n) is 6.07. The van der Waals surface area contributed by atoms with E-state index in [0.29, 0.717) is 29.5 Å². The number of nitrogens with zero attached hydrogens (tertiary/aromatic N) is 1. The van der Waals surface area contributed by atoms with Crippen LogP contribution in [-0.4, -0.2) is 29.2 Å². The number of anilines is 1. The summed E-state index contributed by atoms with van der Waals surface area (Å²) in [5.41, 5.74) is -0.418. The highest BCUT2D eigenvalue weighted by Crippen LogP contribution is 2.61. The Morgan fingerprint density at radius 1 is 1.27 bits per heavy atom. The van der Waals surface area contributed by atoms with Crippen molar-refractivity contribution in [3.63, 3.8) is 0 Å². The van der Waals surface area contributed by atoms with Crippen LogP contribution in [0, 0.1) is 28.6 Å². The Morgan fingerprint density at radius 2 is 2.00 bits per heavy atom. The molecule has 1 amide bonds. The predicted molar refractivity (Wildman–Crippen MR) is 92.8 cm³/mol. The van der Waals surface area contributed by atoms with Crippen molar-refractivity contribution in [3.8, 4) is 6.07 Å². The molecule has 4 aliphatic rings. The molecule has 4 aliphatic carbocycles. The number of rotatable bonds is 4. The number of hydrogen-bond acceptors (Lipinski definition) is 5. The van der Waals surface area contributed by atoms with Crippen LogP contribution in [0.15, 0.2) is 24.3 Å². The van der Waals surface area contributed by atoms with Crippen molar-refractivity contribution in [2.45, 2.75) is 44.1 Å². The molecule has 6 heteroatoms. The van der Waals surface area contributed by atoms with Crippen LogP contribution in [0.5, 0.6) is 0 Å². The number of aliphatic hydroxyl groups is 1. The summed E-state index contributed by atoms with van der Waals surface area (Å²) in [5.74, 6) is -0.0180. The van der Waals surface area contributed by atoms with Crippen molar-refractivity contribution in [1.82, 2.24) is 0 Å². The second kappa shape index (κ2) is 6.10. The van der Waals surface area contributed by atoms with E-state index in [1.165, 1.54) is 0 Å². The van der Waals surface area contributed by atoms with Gasteiger partial charge < -0.3 is 15.2 Å². The van der Waals surface area contributed by atoms with Crippen LogP contribution in [0.25, 0.3) is 0 Å². The molecule has 4 bridgehead atoms. The van der Waals surface area contributed by atoms with Crippen LogP contribution in [0.3, 0.4) is 0 Å². The molecule has 0 radical (unpaired) electrons. The Hall–Kier alpha value is -2.39. The number of esters is 1. The van der Waals surface area contributed by atoms with E-state index in [1.54, 1.807) is 24.3 Å². The lowest BCUT2D eigenvalue weighted by molar-refractivity contribution is -0.196. The van der Waals surface area contributed by atoms with Crippen LogP contribution in [-0.2, 0) is 14.3 Å². The Balaban J connectivity index is 1.37. The minimum Gasteiger partial charge on any atom is -0.455 e. The highest BCUT2D eigenvalue weighted by atomic mass is 16.5. The average Bonchev–Trinajstić information content (AvgIpc) is 2.57. The van der Waals surface area contributed by atoms with Gasteiger partial charge in [0.25, 0.3) is 5.91 Å². The molecule has 0 heterocycles. The Bertz CT molecular complexity index is 783. The van der Waals surface area contributed by atoms with Gasteiger partial charge in [0.2, 0.25) is 0 Å². The van der Waals surface area contributed by atoms with Crippen LogP contribution in [0.1, 0.15) is 44.1 Å². The van der Waals surface area contributed by atoms with Gasteiger partial charge in [-0.3, -0.25) is 9.59 Å². The van der Waals surface area contributed by atoms with E-state index in [2.05, 4.69) is 5.32 Å². The zero-order valence-corrected chi connectivity index (χ0v) is 14.5. The van der Waals surface area contributed by atoms with Crippen molar-refractivity contribution < 1.29 is 19.4 Å². The van der Waals surface area contributed by atoms with E-state index >= 15 is 0 Å². The van der Waals surface area contributed by atoms with Crippen molar-refractivity contribution >= 4 is 17.6 Å². The fraction of sp³-hybridized carbons (Fsp3) is 0.550. The van der Waals surface area contributed by atoms with Gasteiger partial charge in [0.1, 0.15) is 0 Å². The van der Waals surface area contributed by atoms with Gasteiger partial charge in [0, 0.05) is 5.69 Å². The summed E-state index contributed by atoms with van der Waals surface area (Å²) in [4.78, 5) is 24.8. The molecule has 4 fully saturated rings. The number of carbonyl (C=O) groups is 2. The number of nitriles is 1. The first-order valence-corrected chi connectivity index (χ1v) is 9.09. The van der Waals surface area contributed by atoms with Crippen molar-refractivity contribution in [2.24, 2.45) is 17.3 Å². The molecule has 26 heavy (non-hydrogen) atoms. The molecule has 0 aliphatic heterocycles. The van der Waals surface area contributed by atoms with Crippen molar-refractivity contribution in [3.05, 3.63) is 29.8 Å². The van der Waals surface area contributed by atoms with E-state index in [9.17, 15) is 14.7 Å². The highest BCUT2D eigenvalue weighted by molar-refractivity contribution is 5.93. The minimum absolute atomic E-state index is 0.356. The molecule has 1 aromatic rings. The van der Waals surface area contributed by atoms with Gasteiger partial charge in [0.15, 0.2) is 6.61 Å². The lowest BCUT2D eigenvalue weighted by Gasteiger charge is -2.58. The molecule has 136 valence electrons. The molecule has 4 atom stereocenters. The highest BCUT2D eigenvalue weighted by Gasteiger charge is 2.60. The number of carbonyl (C=O) groups excluding carboxylic acids is 2. The molecule has 4 saturated carbocycles. The van der Waals surface area contributed by atoms with Crippen LogP contribution >= 0.6 is 0 Å². The molecule has 2 N–H and O–H groups in total. The predicted octanol–water partition coefficient (Wildman–Crippen LogP) is 2.37. The monoisotopic (exact) mass is 354 g/mol. The van der Waals surface area contributed by atoms with E-state index in [1.807, 2.05) is 6.07 Å².